The fourth-order valence-corrected chi connectivity index (χ4v) is 2.65. The number of hydrogen-bond acceptors (Lipinski definition) is 3. The maximum atomic E-state index is 11.4. The number of methoxy groups -OCH3 is 1. The van der Waals surface area contributed by atoms with Gasteiger partial charge in [-0.05, 0) is 37.6 Å². The molecule has 4 heteroatoms. The monoisotopic (exact) mass is 311 g/mol. The smallest absolute Gasteiger partial charge is 0.337 e. The standard InChI is InChI=1S/C14H18BrNO2/c1-16(12-4-3-5-12)9-11-7-6-10(8-13(11)15)14(17)18-2/h6-8,12H,3-5,9H2,1-2H3. The first-order valence-electron chi connectivity index (χ1n) is 6.19. The van der Waals surface area contributed by atoms with Gasteiger partial charge in [0.2, 0.25) is 0 Å². The average molecular weight is 312 g/mol. The first kappa shape index (κ1) is 13.6. The van der Waals surface area contributed by atoms with Gasteiger partial charge in [-0.15, -0.1) is 0 Å². The molecular formula is C14H18BrNO2. The quantitative estimate of drug-likeness (QED) is 0.800. The van der Waals surface area contributed by atoms with Crippen LogP contribution in [0, 0.1) is 0 Å². The van der Waals surface area contributed by atoms with Crippen LogP contribution in [-0.2, 0) is 11.3 Å². The van der Waals surface area contributed by atoms with E-state index in [4.69, 9.17) is 4.74 Å². The SMILES string of the molecule is COC(=O)c1ccc(CN(C)C2CCC2)c(Br)c1. The largest absolute Gasteiger partial charge is 0.465 e. The molecular weight excluding hydrogens is 294 g/mol. The second-order valence-electron chi connectivity index (χ2n) is 4.80. The van der Waals surface area contributed by atoms with Crippen LogP contribution in [0.1, 0.15) is 35.2 Å². The molecule has 0 aliphatic heterocycles. The highest BCUT2D eigenvalue weighted by Crippen LogP contribution is 2.27. The molecule has 0 atom stereocenters. The molecule has 2 rings (SSSR count). The van der Waals surface area contributed by atoms with Crippen molar-refractivity contribution in [1.82, 2.24) is 4.90 Å². The van der Waals surface area contributed by atoms with Crippen LogP contribution in [0.5, 0.6) is 0 Å². The van der Waals surface area contributed by atoms with Crippen LogP contribution in [0.3, 0.4) is 0 Å². The van der Waals surface area contributed by atoms with Crippen molar-refractivity contribution in [3.63, 3.8) is 0 Å². The minimum atomic E-state index is -0.297. The predicted octanol–water partition coefficient (Wildman–Crippen LogP) is 3.22. The average Bonchev–Trinajstić information content (AvgIpc) is 2.28. The lowest BCUT2D eigenvalue weighted by atomic mass is 9.91. The van der Waals surface area contributed by atoms with Crippen molar-refractivity contribution < 1.29 is 9.53 Å². The van der Waals surface area contributed by atoms with Crippen molar-refractivity contribution in [2.24, 2.45) is 0 Å². The van der Waals surface area contributed by atoms with E-state index in [9.17, 15) is 4.79 Å². The zero-order valence-corrected chi connectivity index (χ0v) is 12.4. The maximum absolute atomic E-state index is 11.4. The maximum Gasteiger partial charge on any atom is 0.337 e. The molecule has 0 N–H and O–H groups in total. The van der Waals surface area contributed by atoms with Gasteiger partial charge in [0, 0.05) is 17.1 Å². The van der Waals surface area contributed by atoms with Gasteiger partial charge in [0.1, 0.15) is 0 Å². The minimum Gasteiger partial charge on any atom is -0.465 e. The zero-order valence-electron chi connectivity index (χ0n) is 10.8. The zero-order chi connectivity index (χ0) is 13.1. The molecule has 0 saturated heterocycles. The minimum absolute atomic E-state index is 0.297. The summed E-state index contributed by atoms with van der Waals surface area (Å²) >= 11 is 3.53. The highest BCUT2D eigenvalue weighted by atomic mass is 79.9. The number of halogens is 1. The van der Waals surface area contributed by atoms with Gasteiger partial charge in [-0.1, -0.05) is 28.4 Å². The lowest BCUT2D eigenvalue weighted by Crippen LogP contribution is -2.36. The molecule has 1 aliphatic rings. The third-order valence-corrected chi connectivity index (χ3v) is 4.33. The lowest BCUT2D eigenvalue weighted by Gasteiger charge is -2.35. The molecule has 3 nitrogen and oxygen atoms in total. The number of benzene rings is 1. The van der Waals surface area contributed by atoms with E-state index in [1.54, 1.807) is 0 Å². The second-order valence-corrected chi connectivity index (χ2v) is 5.65. The summed E-state index contributed by atoms with van der Waals surface area (Å²) in [7, 11) is 3.55. The van der Waals surface area contributed by atoms with Gasteiger partial charge in [0.05, 0.1) is 12.7 Å². The van der Waals surface area contributed by atoms with Crippen LogP contribution in [0.2, 0.25) is 0 Å². The number of esters is 1. The molecule has 1 fully saturated rings. The Morgan fingerprint density at radius 1 is 1.50 bits per heavy atom. The van der Waals surface area contributed by atoms with Crippen molar-refractivity contribution in [1.29, 1.82) is 0 Å². The van der Waals surface area contributed by atoms with Gasteiger partial charge >= 0.3 is 5.97 Å². The van der Waals surface area contributed by atoms with E-state index in [2.05, 4.69) is 27.9 Å². The Bertz CT molecular complexity index is 443. The fraction of sp³-hybridized carbons (Fsp3) is 0.500. The van der Waals surface area contributed by atoms with Gasteiger partial charge < -0.3 is 4.74 Å². The molecule has 1 saturated carbocycles. The molecule has 1 aromatic rings. The van der Waals surface area contributed by atoms with Crippen LogP contribution in [0.4, 0.5) is 0 Å². The molecule has 98 valence electrons. The number of carbonyl (C=O) groups excluding carboxylic acids is 1. The van der Waals surface area contributed by atoms with Crippen molar-refractivity contribution in [3.05, 3.63) is 33.8 Å². The van der Waals surface area contributed by atoms with Crippen LogP contribution in [-0.4, -0.2) is 31.1 Å². The normalized spacial score (nSPS) is 15.6. The fourth-order valence-electron chi connectivity index (χ4n) is 2.15. The Kier molecular flexibility index (Phi) is 4.40. The van der Waals surface area contributed by atoms with Crippen LogP contribution >= 0.6 is 15.9 Å². The Hall–Kier alpha value is -0.870. The van der Waals surface area contributed by atoms with Gasteiger partial charge in [-0.2, -0.15) is 0 Å². The van der Waals surface area contributed by atoms with Crippen LogP contribution < -0.4 is 0 Å². The number of ether oxygens (including phenoxy) is 1. The topological polar surface area (TPSA) is 29.5 Å². The number of hydrogen-bond donors (Lipinski definition) is 0. The van der Waals surface area contributed by atoms with Gasteiger partial charge in [-0.3, -0.25) is 4.90 Å². The number of rotatable bonds is 4. The van der Waals surface area contributed by atoms with E-state index in [0.717, 1.165) is 17.1 Å². The van der Waals surface area contributed by atoms with E-state index < -0.39 is 0 Å². The Morgan fingerprint density at radius 2 is 2.22 bits per heavy atom. The first-order chi connectivity index (χ1) is 8.61. The van der Waals surface area contributed by atoms with Gasteiger partial charge in [0.15, 0.2) is 0 Å². The molecule has 0 bridgehead atoms. The molecule has 0 amide bonds. The van der Waals surface area contributed by atoms with Crippen molar-refractivity contribution in [2.45, 2.75) is 31.8 Å². The Labute approximate surface area is 116 Å². The highest BCUT2D eigenvalue weighted by molar-refractivity contribution is 9.10. The van der Waals surface area contributed by atoms with E-state index in [0.29, 0.717) is 5.56 Å². The lowest BCUT2D eigenvalue weighted by molar-refractivity contribution is 0.0600. The van der Waals surface area contributed by atoms with E-state index in [-0.39, 0.29) is 5.97 Å². The predicted molar refractivity (Wildman–Crippen MR) is 74.6 cm³/mol. The molecule has 1 aromatic carbocycles. The summed E-state index contributed by atoms with van der Waals surface area (Å²) in [4.78, 5) is 13.8. The molecule has 0 spiro atoms. The van der Waals surface area contributed by atoms with Crippen molar-refractivity contribution in [2.75, 3.05) is 14.2 Å². The number of carbonyl (C=O) groups is 1. The van der Waals surface area contributed by atoms with Crippen LogP contribution in [0.15, 0.2) is 22.7 Å². The molecule has 0 radical (unpaired) electrons. The van der Waals surface area contributed by atoms with Crippen LogP contribution in [0.25, 0.3) is 0 Å². The van der Waals surface area contributed by atoms with Crippen molar-refractivity contribution >= 4 is 21.9 Å². The third kappa shape index (κ3) is 2.93. The van der Waals surface area contributed by atoms with Gasteiger partial charge in [-0.25, -0.2) is 4.79 Å². The molecule has 18 heavy (non-hydrogen) atoms. The summed E-state index contributed by atoms with van der Waals surface area (Å²) in [6, 6.07) is 6.36. The summed E-state index contributed by atoms with van der Waals surface area (Å²) in [5.41, 5.74) is 1.79. The summed E-state index contributed by atoms with van der Waals surface area (Å²) in [6.07, 6.45) is 3.94. The highest BCUT2D eigenvalue weighted by Gasteiger charge is 2.22. The van der Waals surface area contributed by atoms with Gasteiger partial charge in [0.25, 0.3) is 0 Å². The van der Waals surface area contributed by atoms with E-state index in [1.807, 2.05) is 18.2 Å². The molecule has 0 aromatic heterocycles. The summed E-state index contributed by atoms with van der Waals surface area (Å²) in [5.74, 6) is -0.297. The molecule has 0 unspecified atom stereocenters. The Morgan fingerprint density at radius 3 is 2.72 bits per heavy atom. The summed E-state index contributed by atoms with van der Waals surface area (Å²) < 4.78 is 5.68. The Balaban J connectivity index is 2.07. The summed E-state index contributed by atoms with van der Waals surface area (Å²) in [5, 5.41) is 0. The third-order valence-electron chi connectivity index (χ3n) is 3.59. The molecule has 0 heterocycles. The second kappa shape index (κ2) is 5.85. The molecule has 1 aliphatic carbocycles. The summed E-state index contributed by atoms with van der Waals surface area (Å²) in [6.45, 7) is 0.909. The van der Waals surface area contributed by atoms with Crippen molar-refractivity contribution in [3.8, 4) is 0 Å². The number of nitrogens with zero attached hydrogens (tertiary/aromatic N) is 1. The van der Waals surface area contributed by atoms with E-state index in [1.165, 1.54) is 31.9 Å². The first-order valence-corrected chi connectivity index (χ1v) is 6.98. The van der Waals surface area contributed by atoms with E-state index >= 15 is 0 Å².